The second-order valence-corrected chi connectivity index (χ2v) is 20.4. The van der Waals surface area contributed by atoms with Crippen molar-refractivity contribution in [3.05, 3.63) is 248 Å². The molecule has 10 rings (SSSR count). The fourth-order valence-corrected chi connectivity index (χ4v) is 10.5. The van der Waals surface area contributed by atoms with Gasteiger partial charge < -0.3 is 0 Å². The van der Waals surface area contributed by atoms with Crippen molar-refractivity contribution >= 4 is 38.4 Å². The van der Waals surface area contributed by atoms with E-state index in [0.29, 0.717) is 0 Å². The van der Waals surface area contributed by atoms with Crippen molar-refractivity contribution in [3.8, 4) is 22.3 Å². The molecule has 2 aliphatic carbocycles. The first kappa shape index (κ1) is 42.0. The molecule has 2 aliphatic rings. The number of benzene rings is 8. The maximum atomic E-state index is 4.31. The normalized spacial score (nSPS) is 14.0. The number of rotatable bonds is 3. The van der Waals surface area contributed by atoms with Crippen molar-refractivity contribution in [2.45, 2.75) is 74.7 Å². The monoisotopic (exact) mass is 838 g/mol. The average molecular weight is 839 g/mol. The molecule has 0 amide bonds. The highest BCUT2D eigenvalue weighted by Crippen LogP contribution is 2.49. The Morgan fingerprint density at radius 3 is 1.32 bits per heavy atom. The Bertz CT molecular complexity index is 3240. The Balaban J connectivity index is 1.38. The van der Waals surface area contributed by atoms with Crippen molar-refractivity contribution < 1.29 is 0 Å². The van der Waals surface area contributed by atoms with Crippen molar-refractivity contribution in [3.63, 3.8) is 0 Å². The second kappa shape index (κ2) is 15.9. The van der Waals surface area contributed by atoms with Gasteiger partial charge in [-0.1, -0.05) is 243 Å². The van der Waals surface area contributed by atoms with Crippen LogP contribution in [0.15, 0.2) is 181 Å². The smallest absolute Gasteiger partial charge is 0.0976 e. The fraction of sp³-hybridized carbons (Fsp3) is 0.185. The van der Waals surface area contributed by atoms with Crippen molar-refractivity contribution in [2.75, 3.05) is 0 Å². The molecular formula is C65H58. The summed E-state index contributed by atoms with van der Waals surface area (Å²) in [6.07, 6.45) is 4.82. The summed E-state index contributed by atoms with van der Waals surface area (Å²) in [6, 6.07) is 58.8. The van der Waals surface area contributed by atoms with Gasteiger partial charge in [0.15, 0.2) is 0 Å². The van der Waals surface area contributed by atoms with Crippen LogP contribution in [0.1, 0.15) is 99.9 Å². The lowest BCUT2D eigenvalue weighted by molar-refractivity contribution is 0.472. The summed E-state index contributed by atoms with van der Waals surface area (Å²) < 4.78 is 0. The summed E-state index contributed by atoms with van der Waals surface area (Å²) in [4.78, 5) is 0. The molecule has 8 aromatic rings. The summed E-state index contributed by atoms with van der Waals surface area (Å²) in [5.41, 5.74) is 24.3. The Morgan fingerprint density at radius 1 is 0.462 bits per heavy atom. The predicted molar refractivity (Wildman–Crippen MR) is 279 cm³/mol. The van der Waals surface area contributed by atoms with Gasteiger partial charge in [0.25, 0.3) is 0 Å². The number of hydrogen-bond acceptors (Lipinski definition) is 0. The van der Waals surface area contributed by atoms with Crippen LogP contribution >= 0.6 is 0 Å². The third-order valence-electron chi connectivity index (χ3n) is 13.8. The minimum absolute atomic E-state index is 0.0372. The van der Waals surface area contributed by atoms with E-state index in [1.54, 1.807) is 0 Å². The van der Waals surface area contributed by atoms with Gasteiger partial charge in [0.05, 0.1) is 34.8 Å². The van der Waals surface area contributed by atoms with Crippen LogP contribution in [0.2, 0.25) is 0 Å². The number of allylic oxidation sites excluding steroid dienone is 4. The Kier molecular flexibility index (Phi) is 10.3. The Morgan fingerprint density at radius 2 is 0.892 bits per heavy atom. The molecule has 0 nitrogen and oxygen atoms in total. The number of aryl methyl sites for hydroxylation is 2. The zero-order valence-corrected chi connectivity index (χ0v) is 39.7. The summed E-state index contributed by atoms with van der Waals surface area (Å²) in [5.74, 6) is 2.65. The minimum atomic E-state index is 0.0372. The van der Waals surface area contributed by atoms with Crippen LogP contribution in [-0.4, -0.2) is 0 Å². The molecule has 0 saturated carbocycles. The van der Waals surface area contributed by atoms with Crippen LogP contribution in [0.3, 0.4) is 0 Å². The Hall–Kier alpha value is -6.98. The molecule has 0 spiro atoms. The van der Waals surface area contributed by atoms with E-state index in [0.717, 1.165) is 10.8 Å². The van der Waals surface area contributed by atoms with E-state index >= 15 is 0 Å². The van der Waals surface area contributed by atoms with Gasteiger partial charge in [-0.15, -0.1) is 5.73 Å². The molecular weight excluding hydrogens is 781 g/mol. The lowest BCUT2D eigenvalue weighted by atomic mass is 9.69. The van der Waals surface area contributed by atoms with Crippen LogP contribution in [0, 0.1) is 31.1 Å². The van der Waals surface area contributed by atoms with Crippen LogP contribution < -0.4 is 10.4 Å². The van der Waals surface area contributed by atoms with Gasteiger partial charge in [0.1, 0.15) is 0 Å². The molecule has 0 unspecified atom stereocenters. The summed E-state index contributed by atoms with van der Waals surface area (Å²) in [7, 11) is 0. The third-order valence-corrected chi connectivity index (χ3v) is 13.8. The first-order chi connectivity index (χ1) is 31.2. The minimum Gasteiger partial charge on any atom is -0.114 e. The molecule has 0 bridgehead atoms. The van der Waals surface area contributed by atoms with Crippen LogP contribution in [0.25, 0.3) is 60.7 Å². The first-order valence-corrected chi connectivity index (χ1v) is 23.3. The van der Waals surface area contributed by atoms with Crippen molar-refractivity contribution in [1.82, 2.24) is 0 Å². The third kappa shape index (κ3) is 7.37. The number of fused-ring (bicyclic) bond motifs is 4. The van der Waals surface area contributed by atoms with E-state index < -0.39 is 0 Å². The molecule has 0 radical (unpaired) electrons. The van der Waals surface area contributed by atoms with E-state index in [-0.39, 0.29) is 10.8 Å². The SMILES string of the molecule is CC1=C[C+](C(C)(C)C)C=C(C)C1=c1c2ccccc2c(=C=C2c3cc(-c4ccccc4)ccc3[C-](c3c(C)cc(C(C)(C)C)cc3C)c3ccc(-c4ccccc4)cc32)c2ccccc12. The lowest BCUT2D eigenvalue weighted by Crippen LogP contribution is -2.22. The van der Waals surface area contributed by atoms with Gasteiger partial charge in [-0.05, 0) is 75.6 Å². The molecule has 0 aromatic heterocycles. The topological polar surface area (TPSA) is 0 Å². The summed E-state index contributed by atoms with van der Waals surface area (Å²) in [6.45, 7) is 23.1. The zero-order chi connectivity index (χ0) is 45.4. The van der Waals surface area contributed by atoms with Gasteiger partial charge in [-0.25, -0.2) is 0 Å². The lowest BCUT2D eigenvalue weighted by Gasteiger charge is -2.39. The van der Waals surface area contributed by atoms with Crippen LogP contribution in [0.4, 0.5) is 0 Å². The molecule has 0 saturated heterocycles. The van der Waals surface area contributed by atoms with E-state index in [1.807, 2.05) is 0 Å². The Labute approximate surface area is 386 Å². The summed E-state index contributed by atoms with van der Waals surface area (Å²) in [5, 5.41) is 7.31. The molecule has 8 aromatic carbocycles. The van der Waals surface area contributed by atoms with Crippen molar-refractivity contribution in [1.29, 1.82) is 0 Å². The summed E-state index contributed by atoms with van der Waals surface area (Å²) >= 11 is 0. The second-order valence-electron chi connectivity index (χ2n) is 20.4. The molecule has 318 valence electrons. The molecule has 0 heterocycles. The largest absolute Gasteiger partial charge is 0.114 e. The first-order valence-electron chi connectivity index (χ1n) is 23.3. The van der Waals surface area contributed by atoms with Crippen molar-refractivity contribution in [2.24, 2.45) is 5.41 Å². The maximum Gasteiger partial charge on any atom is 0.0976 e. The van der Waals surface area contributed by atoms with Crippen LogP contribution in [-0.2, 0) is 5.41 Å². The van der Waals surface area contributed by atoms with E-state index in [2.05, 4.69) is 245 Å². The van der Waals surface area contributed by atoms with E-state index in [4.69, 9.17) is 0 Å². The van der Waals surface area contributed by atoms with Gasteiger partial charge >= 0.3 is 0 Å². The molecule has 65 heavy (non-hydrogen) atoms. The number of hydrogen-bond donors (Lipinski definition) is 0. The van der Waals surface area contributed by atoms with Gasteiger partial charge in [0, 0.05) is 29.7 Å². The quantitative estimate of drug-likeness (QED) is 0.123. The maximum absolute atomic E-state index is 4.31. The average Bonchev–Trinajstić information content (AvgIpc) is 3.29. The predicted octanol–water partition coefficient (Wildman–Crippen LogP) is 15.8. The zero-order valence-electron chi connectivity index (χ0n) is 39.7. The van der Waals surface area contributed by atoms with Crippen LogP contribution in [0.5, 0.6) is 0 Å². The molecule has 0 N–H and O–H groups in total. The molecule has 0 heteroatoms. The van der Waals surface area contributed by atoms with E-state index in [9.17, 15) is 0 Å². The van der Waals surface area contributed by atoms with Gasteiger partial charge in [-0.3, -0.25) is 0 Å². The highest BCUT2D eigenvalue weighted by Gasteiger charge is 2.33. The van der Waals surface area contributed by atoms with Gasteiger partial charge in [-0.2, -0.15) is 0 Å². The standard InChI is InChI=1S/C65H58/c1-40-33-48(64(5,6)7)34-41(2)60(40)62-52-27-19-17-25-50(52)58(51-26-18-20-28-53(51)62)39-59-56-37-46(44-21-13-11-14-22-44)29-31-54(56)63(61-42(3)35-49(36-43(61)4)65(8,9)10)55-32-30-47(38-57(55)59)45-23-15-12-16-24-45/h11-38H,1-10H3. The molecule has 0 aliphatic heterocycles. The van der Waals surface area contributed by atoms with E-state index in [1.165, 1.54) is 122 Å². The fourth-order valence-electron chi connectivity index (χ4n) is 10.5. The molecule has 0 fully saturated rings. The van der Waals surface area contributed by atoms with Gasteiger partial charge in [0.2, 0.25) is 0 Å². The highest BCUT2D eigenvalue weighted by molar-refractivity contribution is 6.06. The molecule has 0 atom stereocenters. The highest BCUT2D eigenvalue weighted by atomic mass is 14.4.